The van der Waals surface area contributed by atoms with E-state index in [-0.39, 0.29) is 11.8 Å². The molecule has 2 nitrogen and oxygen atoms in total. The fraction of sp³-hybridized carbons (Fsp3) is 0.250. The van der Waals surface area contributed by atoms with Crippen LogP contribution in [0.5, 0.6) is 0 Å². The number of benzene rings is 3. The Morgan fingerprint density at radius 1 is 0.767 bits per heavy atom. The van der Waals surface area contributed by atoms with Gasteiger partial charge < -0.3 is 0 Å². The molecule has 0 saturated heterocycles. The molecular weight excluding hydrogens is 366 g/mol. The van der Waals surface area contributed by atoms with Gasteiger partial charge in [0.15, 0.2) is 5.78 Å². The van der Waals surface area contributed by atoms with Gasteiger partial charge in [0.2, 0.25) is 0 Å². The Morgan fingerprint density at radius 3 is 1.70 bits per heavy atom. The van der Waals surface area contributed by atoms with Crippen LogP contribution in [0.4, 0.5) is 0 Å². The minimum Gasteiger partial charge on any atom is -0.293 e. The van der Waals surface area contributed by atoms with Crippen LogP contribution in [0.25, 0.3) is 6.08 Å². The Labute approximate surface area is 180 Å². The van der Waals surface area contributed by atoms with E-state index in [1.165, 1.54) is 11.1 Å². The fourth-order valence-corrected chi connectivity index (χ4v) is 3.66. The molecular formula is C28H31NO. The number of carbonyl (C=O) groups is 1. The molecule has 0 radical (unpaired) electrons. The van der Waals surface area contributed by atoms with Crippen LogP contribution in [0.2, 0.25) is 0 Å². The van der Waals surface area contributed by atoms with Gasteiger partial charge in [-0.1, -0.05) is 111 Å². The van der Waals surface area contributed by atoms with E-state index in [2.05, 4.69) is 67.3 Å². The lowest BCUT2D eigenvalue weighted by molar-refractivity contribution is -0.120. The first kappa shape index (κ1) is 21.7. The van der Waals surface area contributed by atoms with Crippen molar-refractivity contribution >= 4 is 11.9 Å². The number of rotatable bonds is 10. The minimum absolute atomic E-state index is 0.162. The highest BCUT2D eigenvalue weighted by atomic mass is 16.1. The Morgan fingerprint density at radius 2 is 1.23 bits per heavy atom. The van der Waals surface area contributed by atoms with Crippen molar-refractivity contribution in [2.45, 2.75) is 39.4 Å². The number of carbonyl (C=O) groups excluding carboxylic acids is 1. The lowest BCUT2D eigenvalue weighted by Crippen LogP contribution is -2.40. The van der Waals surface area contributed by atoms with Gasteiger partial charge >= 0.3 is 0 Å². The van der Waals surface area contributed by atoms with E-state index in [1.807, 2.05) is 48.5 Å². The van der Waals surface area contributed by atoms with Crippen molar-refractivity contribution in [1.82, 2.24) is 4.90 Å². The van der Waals surface area contributed by atoms with Gasteiger partial charge in [-0.3, -0.25) is 9.69 Å². The van der Waals surface area contributed by atoms with E-state index in [9.17, 15) is 4.79 Å². The highest BCUT2D eigenvalue weighted by Gasteiger charge is 2.25. The summed E-state index contributed by atoms with van der Waals surface area (Å²) in [7, 11) is 0. The molecule has 0 spiro atoms. The van der Waals surface area contributed by atoms with Crippen molar-refractivity contribution in [3.05, 3.63) is 114 Å². The highest BCUT2D eigenvalue weighted by Crippen LogP contribution is 2.20. The molecule has 30 heavy (non-hydrogen) atoms. The second-order valence-electron chi connectivity index (χ2n) is 8.17. The van der Waals surface area contributed by atoms with E-state index >= 15 is 0 Å². The van der Waals surface area contributed by atoms with Gasteiger partial charge in [-0.05, 0) is 35.1 Å². The molecule has 0 saturated carbocycles. The van der Waals surface area contributed by atoms with Crippen LogP contribution in [0, 0.1) is 5.92 Å². The first-order valence-corrected chi connectivity index (χ1v) is 10.7. The van der Waals surface area contributed by atoms with E-state index in [0.29, 0.717) is 5.92 Å². The molecule has 0 fully saturated rings. The van der Waals surface area contributed by atoms with Crippen LogP contribution in [0.3, 0.4) is 0 Å². The van der Waals surface area contributed by atoms with Crippen molar-refractivity contribution in [2.24, 2.45) is 5.92 Å². The number of hydrogen-bond acceptors (Lipinski definition) is 2. The number of nitrogens with zero attached hydrogens (tertiary/aromatic N) is 1. The Kier molecular flexibility index (Phi) is 8.17. The zero-order chi connectivity index (χ0) is 21.2. The summed E-state index contributed by atoms with van der Waals surface area (Å²) in [5.41, 5.74) is 3.50. The van der Waals surface area contributed by atoms with Gasteiger partial charge in [0.25, 0.3) is 0 Å². The van der Waals surface area contributed by atoms with E-state index in [1.54, 1.807) is 6.08 Å². The summed E-state index contributed by atoms with van der Waals surface area (Å²) in [6.07, 6.45) is 4.52. The average Bonchev–Trinajstić information content (AvgIpc) is 2.77. The second kappa shape index (κ2) is 11.3. The standard InChI is InChI=1S/C28H31NO/c1-23(2)20-27(28(30)19-18-24-12-6-3-7-13-24)29(21-25-14-8-4-9-15-25)22-26-16-10-5-11-17-26/h3-19,23,27H,20-22H2,1-2H3/b19-18+/t27-/m0/s1. The molecule has 0 amide bonds. The van der Waals surface area contributed by atoms with Crippen LogP contribution < -0.4 is 0 Å². The van der Waals surface area contributed by atoms with E-state index in [0.717, 1.165) is 25.1 Å². The number of hydrogen-bond donors (Lipinski definition) is 0. The van der Waals surface area contributed by atoms with Crippen LogP contribution in [-0.4, -0.2) is 16.7 Å². The molecule has 0 heterocycles. The van der Waals surface area contributed by atoms with Crippen LogP contribution in [0.15, 0.2) is 97.1 Å². The second-order valence-corrected chi connectivity index (χ2v) is 8.17. The van der Waals surface area contributed by atoms with Gasteiger partial charge in [0.1, 0.15) is 0 Å². The van der Waals surface area contributed by atoms with Gasteiger partial charge in [0, 0.05) is 13.1 Å². The molecule has 0 bridgehead atoms. The summed E-state index contributed by atoms with van der Waals surface area (Å²) in [5.74, 6) is 0.595. The predicted molar refractivity (Wildman–Crippen MR) is 126 cm³/mol. The fourth-order valence-electron chi connectivity index (χ4n) is 3.66. The third kappa shape index (κ3) is 6.82. The summed E-state index contributed by atoms with van der Waals surface area (Å²) < 4.78 is 0. The summed E-state index contributed by atoms with van der Waals surface area (Å²) >= 11 is 0. The molecule has 0 N–H and O–H groups in total. The monoisotopic (exact) mass is 397 g/mol. The molecule has 154 valence electrons. The third-order valence-corrected chi connectivity index (χ3v) is 5.16. The van der Waals surface area contributed by atoms with Gasteiger partial charge in [-0.15, -0.1) is 0 Å². The topological polar surface area (TPSA) is 20.3 Å². The molecule has 3 aromatic rings. The summed E-state index contributed by atoms with van der Waals surface area (Å²) in [4.78, 5) is 15.7. The lowest BCUT2D eigenvalue weighted by Gasteiger charge is -2.31. The average molecular weight is 398 g/mol. The van der Waals surface area contributed by atoms with Crippen molar-refractivity contribution in [3.8, 4) is 0 Å². The maximum atomic E-state index is 13.3. The van der Waals surface area contributed by atoms with Crippen LogP contribution in [-0.2, 0) is 17.9 Å². The van der Waals surface area contributed by atoms with Crippen LogP contribution >= 0.6 is 0 Å². The van der Waals surface area contributed by atoms with Crippen molar-refractivity contribution in [2.75, 3.05) is 0 Å². The zero-order valence-corrected chi connectivity index (χ0v) is 17.9. The molecule has 2 heteroatoms. The summed E-state index contributed by atoms with van der Waals surface area (Å²) in [6, 6.07) is 30.7. The van der Waals surface area contributed by atoms with E-state index < -0.39 is 0 Å². The van der Waals surface area contributed by atoms with Crippen molar-refractivity contribution in [3.63, 3.8) is 0 Å². The predicted octanol–water partition coefficient (Wildman–Crippen LogP) is 6.39. The van der Waals surface area contributed by atoms with Gasteiger partial charge in [-0.2, -0.15) is 0 Å². The Balaban J connectivity index is 1.87. The van der Waals surface area contributed by atoms with Gasteiger partial charge in [0.05, 0.1) is 6.04 Å². The third-order valence-electron chi connectivity index (χ3n) is 5.16. The smallest absolute Gasteiger partial charge is 0.172 e. The lowest BCUT2D eigenvalue weighted by atomic mass is 9.96. The first-order valence-electron chi connectivity index (χ1n) is 10.7. The zero-order valence-electron chi connectivity index (χ0n) is 17.9. The van der Waals surface area contributed by atoms with Crippen LogP contribution in [0.1, 0.15) is 37.0 Å². The van der Waals surface area contributed by atoms with Crippen molar-refractivity contribution < 1.29 is 4.79 Å². The highest BCUT2D eigenvalue weighted by molar-refractivity contribution is 5.97. The van der Waals surface area contributed by atoms with Crippen molar-refractivity contribution in [1.29, 1.82) is 0 Å². The maximum Gasteiger partial charge on any atom is 0.172 e. The number of ketones is 1. The molecule has 0 aromatic heterocycles. The normalized spacial score (nSPS) is 12.5. The molecule has 0 aliphatic heterocycles. The molecule has 1 atom stereocenters. The molecule has 0 aliphatic rings. The Hall–Kier alpha value is -2.97. The summed E-state index contributed by atoms with van der Waals surface area (Å²) in [5, 5.41) is 0. The SMILES string of the molecule is CC(C)C[C@@H](C(=O)/C=C/c1ccccc1)N(Cc1ccccc1)Cc1ccccc1. The maximum absolute atomic E-state index is 13.3. The largest absolute Gasteiger partial charge is 0.293 e. The minimum atomic E-state index is -0.162. The molecule has 3 rings (SSSR count). The van der Waals surface area contributed by atoms with Gasteiger partial charge in [-0.25, -0.2) is 0 Å². The Bertz CT molecular complexity index is 875. The molecule has 3 aromatic carbocycles. The molecule has 0 aliphatic carbocycles. The first-order chi connectivity index (χ1) is 14.6. The molecule has 0 unspecified atom stereocenters. The quantitative estimate of drug-likeness (QED) is 0.370. The summed E-state index contributed by atoms with van der Waals surface area (Å²) in [6.45, 7) is 5.87. The van der Waals surface area contributed by atoms with E-state index in [4.69, 9.17) is 0 Å².